The molecule has 11 nitrogen and oxygen atoms in total. The summed E-state index contributed by atoms with van der Waals surface area (Å²) in [6.45, 7) is 4.01. The van der Waals surface area contributed by atoms with Gasteiger partial charge in [-0.15, -0.1) is 22.0 Å². The van der Waals surface area contributed by atoms with Gasteiger partial charge in [-0.1, -0.05) is 47.7 Å². The molecule has 2 aromatic carbocycles. The van der Waals surface area contributed by atoms with E-state index in [2.05, 4.69) is 31.3 Å². The molecule has 0 spiro atoms. The molecule has 0 radical (unpaired) electrons. The molecule has 3 unspecified atom stereocenters. The zero-order valence-electron chi connectivity index (χ0n) is 19.7. The Morgan fingerprint density at radius 3 is 2.56 bits per heavy atom. The van der Waals surface area contributed by atoms with E-state index in [4.69, 9.17) is 5.73 Å². The number of carbonyl (C=O) groups is 3. The standard InChI is InChI=1S/C24H26N8O3S/c1-24(2)19(20-28-30-31-29-20)32-22(35)18(23(32)36-24)27-21(34)17(14-6-4-3-5-7-14)26-16(33)12-13-8-10-15(25)11-9-13/h3-11,17-19,23H,12,25H2,1-2H3,(H,26,33)(H,27,34)(H,28,29,30,31)/t17?,18?,19?,23-/m0/s1. The minimum Gasteiger partial charge on any atom is -0.399 e. The molecular weight excluding hydrogens is 480 g/mol. The number of nitrogens with zero attached hydrogens (tertiary/aromatic N) is 4. The first-order valence-electron chi connectivity index (χ1n) is 11.5. The lowest BCUT2D eigenvalue weighted by molar-refractivity contribution is -0.152. The van der Waals surface area contributed by atoms with Gasteiger partial charge in [0, 0.05) is 10.4 Å². The van der Waals surface area contributed by atoms with Crippen LogP contribution in [0.1, 0.15) is 42.9 Å². The molecule has 5 N–H and O–H groups in total. The van der Waals surface area contributed by atoms with Gasteiger partial charge in [-0.3, -0.25) is 14.4 Å². The molecule has 1 aromatic heterocycles. The van der Waals surface area contributed by atoms with Crippen molar-refractivity contribution >= 4 is 35.2 Å². The topological polar surface area (TPSA) is 159 Å². The average molecular weight is 507 g/mol. The number of benzene rings is 2. The quantitative estimate of drug-likeness (QED) is 0.274. The second-order valence-electron chi connectivity index (χ2n) is 9.35. The van der Waals surface area contributed by atoms with E-state index in [1.807, 2.05) is 19.9 Å². The van der Waals surface area contributed by atoms with Crippen LogP contribution in [0.5, 0.6) is 0 Å². The molecule has 3 amide bonds. The van der Waals surface area contributed by atoms with E-state index in [0.717, 1.165) is 5.56 Å². The third kappa shape index (κ3) is 4.39. The minimum atomic E-state index is -0.957. The second kappa shape index (κ2) is 9.26. The number of amides is 3. The zero-order chi connectivity index (χ0) is 25.4. The normalized spacial score (nSPS) is 22.9. The average Bonchev–Trinajstić information content (AvgIpc) is 3.47. The lowest BCUT2D eigenvalue weighted by Gasteiger charge is -2.44. The smallest absolute Gasteiger partial charge is 0.249 e. The third-order valence-corrected chi connectivity index (χ3v) is 7.96. The van der Waals surface area contributed by atoms with Crippen molar-refractivity contribution in [1.29, 1.82) is 0 Å². The predicted molar refractivity (Wildman–Crippen MR) is 133 cm³/mol. The molecule has 0 bridgehead atoms. The largest absolute Gasteiger partial charge is 0.399 e. The van der Waals surface area contributed by atoms with Crippen LogP contribution >= 0.6 is 11.8 Å². The highest BCUT2D eigenvalue weighted by atomic mass is 32.2. The lowest BCUT2D eigenvalue weighted by Crippen LogP contribution is -2.68. The summed E-state index contributed by atoms with van der Waals surface area (Å²) in [6.07, 6.45) is 0.0894. The van der Waals surface area contributed by atoms with Crippen molar-refractivity contribution in [2.75, 3.05) is 5.73 Å². The Balaban J connectivity index is 1.31. The van der Waals surface area contributed by atoms with Gasteiger partial charge < -0.3 is 21.3 Å². The van der Waals surface area contributed by atoms with Gasteiger partial charge in [-0.2, -0.15) is 5.21 Å². The van der Waals surface area contributed by atoms with Gasteiger partial charge in [0.25, 0.3) is 0 Å². The van der Waals surface area contributed by atoms with E-state index >= 15 is 0 Å². The number of aromatic amines is 1. The Labute approximate surface area is 211 Å². The number of hydrogen-bond donors (Lipinski definition) is 4. The van der Waals surface area contributed by atoms with Crippen LogP contribution < -0.4 is 16.4 Å². The Hall–Kier alpha value is -3.93. The van der Waals surface area contributed by atoms with Crippen molar-refractivity contribution in [1.82, 2.24) is 36.2 Å². The lowest BCUT2D eigenvalue weighted by atomic mass is 9.95. The zero-order valence-corrected chi connectivity index (χ0v) is 20.5. The highest BCUT2D eigenvalue weighted by Gasteiger charge is 2.63. The number of carbonyl (C=O) groups excluding carboxylic acids is 3. The number of tetrazole rings is 1. The van der Waals surface area contributed by atoms with E-state index in [1.165, 1.54) is 0 Å². The summed E-state index contributed by atoms with van der Waals surface area (Å²) in [5, 5.41) is 19.6. The molecule has 2 aliphatic heterocycles. The summed E-state index contributed by atoms with van der Waals surface area (Å²) >= 11 is 1.57. The summed E-state index contributed by atoms with van der Waals surface area (Å²) in [4.78, 5) is 41.1. The number of nitrogens with one attached hydrogen (secondary N) is 3. The van der Waals surface area contributed by atoms with Gasteiger partial charge in [0.05, 0.1) is 6.42 Å². The molecule has 3 heterocycles. The number of aromatic nitrogens is 4. The number of anilines is 1. The molecule has 186 valence electrons. The summed E-state index contributed by atoms with van der Waals surface area (Å²) in [5.41, 5.74) is 7.72. The van der Waals surface area contributed by atoms with Crippen LogP contribution in [0.2, 0.25) is 0 Å². The van der Waals surface area contributed by atoms with Crippen molar-refractivity contribution in [3.63, 3.8) is 0 Å². The fourth-order valence-electron chi connectivity index (χ4n) is 4.66. The van der Waals surface area contributed by atoms with Gasteiger partial charge in [0.15, 0.2) is 5.82 Å². The van der Waals surface area contributed by atoms with E-state index < -0.39 is 18.0 Å². The maximum absolute atomic E-state index is 13.4. The molecule has 0 aliphatic carbocycles. The molecule has 2 aliphatic rings. The highest BCUT2D eigenvalue weighted by Crippen LogP contribution is 2.56. The number of nitrogen functional groups attached to an aromatic ring is 1. The number of H-pyrrole nitrogens is 1. The summed E-state index contributed by atoms with van der Waals surface area (Å²) in [5.74, 6) is -0.559. The summed E-state index contributed by atoms with van der Waals surface area (Å²) in [6, 6.07) is 13.9. The van der Waals surface area contributed by atoms with E-state index in [0.29, 0.717) is 17.1 Å². The molecule has 3 aromatic rings. The number of nitrogens with two attached hydrogens (primary N) is 1. The van der Waals surface area contributed by atoms with Crippen LogP contribution in [-0.2, 0) is 20.8 Å². The van der Waals surface area contributed by atoms with Crippen molar-refractivity contribution < 1.29 is 14.4 Å². The maximum atomic E-state index is 13.4. The highest BCUT2D eigenvalue weighted by molar-refractivity contribution is 8.01. The molecule has 2 fully saturated rings. The van der Waals surface area contributed by atoms with E-state index in [9.17, 15) is 14.4 Å². The van der Waals surface area contributed by atoms with Crippen LogP contribution in [0.15, 0.2) is 54.6 Å². The Bertz CT molecular complexity index is 1270. The van der Waals surface area contributed by atoms with Crippen LogP contribution in [0.4, 0.5) is 5.69 Å². The molecule has 5 rings (SSSR count). The summed E-state index contributed by atoms with van der Waals surface area (Å²) < 4.78 is -0.379. The Kier molecular flexibility index (Phi) is 6.12. The van der Waals surface area contributed by atoms with Crippen molar-refractivity contribution in [3.8, 4) is 0 Å². The van der Waals surface area contributed by atoms with Crippen LogP contribution in [0.25, 0.3) is 0 Å². The first-order chi connectivity index (χ1) is 17.2. The van der Waals surface area contributed by atoms with E-state index in [1.54, 1.807) is 65.2 Å². The molecular formula is C24H26N8O3S. The second-order valence-corrected chi connectivity index (χ2v) is 11.1. The fraction of sp³-hybridized carbons (Fsp3) is 0.333. The van der Waals surface area contributed by atoms with Gasteiger partial charge in [0.2, 0.25) is 17.7 Å². The first kappa shape index (κ1) is 23.8. The number of fused-ring (bicyclic) bond motifs is 1. The third-order valence-electron chi connectivity index (χ3n) is 6.39. The van der Waals surface area contributed by atoms with Crippen molar-refractivity contribution in [2.24, 2.45) is 0 Å². The Morgan fingerprint density at radius 1 is 1.17 bits per heavy atom. The molecule has 4 atom stereocenters. The van der Waals surface area contributed by atoms with Crippen molar-refractivity contribution in [2.45, 2.75) is 48.5 Å². The van der Waals surface area contributed by atoms with Gasteiger partial charge in [-0.25, -0.2) is 0 Å². The first-order valence-corrected chi connectivity index (χ1v) is 12.3. The number of hydrogen-bond acceptors (Lipinski definition) is 8. The maximum Gasteiger partial charge on any atom is 0.249 e. The van der Waals surface area contributed by atoms with Crippen LogP contribution in [-0.4, -0.2) is 59.4 Å². The molecule has 0 saturated carbocycles. The predicted octanol–water partition coefficient (Wildman–Crippen LogP) is 1.10. The molecule has 12 heteroatoms. The SMILES string of the molecule is CC1(C)S[C@H]2C(NC(=O)C(NC(=O)Cc3ccc(N)cc3)c3ccccc3)C(=O)N2C1c1nn[nH]n1. The Morgan fingerprint density at radius 2 is 1.89 bits per heavy atom. The fourth-order valence-corrected chi connectivity index (χ4v) is 6.29. The van der Waals surface area contributed by atoms with Crippen molar-refractivity contribution in [3.05, 3.63) is 71.5 Å². The summed E-state index contributed by atoms with van der Waals surface area (Å²) in [7, 11) is 0. The van der Waals surface area contributed by atoms with E-state index in [-0.39, 0.29) is 34.4 Å². The number of thioether (sulfide) groups is 1. The van der Waals surface area contributed by atoms with Crippen LogP contribution in [0, 0.1) is 0 Å². The minimum absolute atomic E-state index is 0.0894. The monoisotopic (exact) mass is 506 g/mol. The van der Waals surface area contributed by atoms with Gasteiger partial charge >= 0.3 is 0 Å². The molecule has 36 heavy (non-hydrogen) atoms. The van der Waals surface area contributed by atoms with Gasteiger partial charge in [-0.05, 0) is 37.1 Å². The number of rotatable bonds is 7. The molecule has 2 saturated heterocycles. The van der Waals surface area contributed by atoms with Crippen LogP contribution in [0.3, 0.4) is 0 Å². The van der Waals surface area contributed by atoms with Gasteiger partial charge in [0.1, 0.15) is 23.5 Å². The number of β-lactam (4-membered cyclic amide) rings is 1.